The van der Waals surface area contributed by atoms with Gasteiger partial charge in [-0.05, 0) is 43.1 Å². The maximum atomic E-state index is 13.7. The zero-order valence-corrected chi connectivity index (χ0v) is 23.1. The molecular formula is C27H30F3N9O4. The van der Waals surface area contributed by atoms with Crippen LogP contribution in [-0.2, 0) is 28.7 Å². The van der Waals surface area contributed by atoms with E-state index in [9.17, 15) is 18.0 Å². The molecule has 0 spiro atoms. The summed E-state index contributed by atoms with van der Waals surface area (Å²) in [6.07, 6.45) is 2.02. The van der Waals surface area contributed by atoms with Crippen molar-refractivity contribution in [3.05, 3.63) is 59.8 Å². The van der Waals surface area contributed by atoms with E-state index in [0.29, 0.717) is 49.8 Å². The Bertz CT molecular complexity index is 1580. The number of rotatable bonds is 12. The number of nitrogens with zero attached hydrogens (tertiary/aromatic N) is 6. The molecule has 0 saturated heterocycles. The van der Waals surface area contributed by atoms with E-state index in [0.717, 1.165) is 16.7 Å². The Balaban J connectivity index is 0.00000162. The molecule has 4 rings (SSSR count). The Morgan fingerprint density at radius 3 is 2.72 bits per heavy atom. The number of amides is 1. The lowest BCUT2D eigenvalue weighted by atomic mass is 10.0. The van der Waals surface area contributed by atoms with Crippen LogP contribution in [0.1, 0.15) is 35.0 Å². The van der Waals surface area contributed by atoms with Crippen molar-refractivity contribution in [2.45, 2.75) is 32.5 Å². The molecule has 4 aromatic rings. The van der Waals surface area contributed by atoms with Crippen molar-refractivity contribution in [2.24, 2.45) is 5.73 Å². The van der Waals surface area contributed by atoms with Gasteiger partial charge in [0.1, 0.15) is 6.54 Å². The zero-order valence-electron chi connectivity index (χ0n) is 23.1. The van der Waals surface area contributed by atoms with E-state index < -0.39 is 11.9 Å². The van der Waals surface area contributed by atoms with Crippen LogP contribution >= 0.6 is 0 Å². The highest BCUT2D eigenvalue weighted by Gasteiger charge is 2.38. The van der Waals surface area contributed by atoms with Gasteiger partial charge in [0.25, 0.3) is 12.4 Å². The molecule has 0 atom stereocenters. The van der Waals surface area contributed by atoms with Gasteiger partial charge in [-0.3, -0.25) is 18.7 Å². The number of nitrogens with one attached hydrogen (secondary N) is 2. The summed E-state index contributed by atoms with van der Waals surface area (Å²) < 4.78 is 48.9. The average Bonchev–Trinajstić information content (AvgIpc) is 3.60. The highest BCUT2D eigenvalue weighted by Crippen LogP contribution is 2.37. The third-order valence-corrected chi connectivity index (χ3v) is 5.99. The maximum Gasteiger partial charge on any atom is 0.435 e. The first kappa shape index (κ1) is 32.5. The molecular weight excluding hydrogens is 571 g/mol. The summed E-state index contributed by atoms with van der Waals surface area (Å²) in [4.78, 5) is 29.7. The number of aromatic nitrogens is 5. The van der Waals surface area contributed by atoms with Gasteiger partial charge in [-0.1, -0.05) is 6.92 Å². The zero-order chi connectivity index (χ0) is 31.4. The average molecular weight is 602 g/mol. The van der Waals surface area contributed by atoms with Gasteiger partial charge in [-0.25, -0.2) is 9.97 Å². The first-order valence-electron chi connectivity index (χ1n) is 13.1. The van der Waals surface area contributed by atoms with Crippen LogP contribution in [0.4, 0.5) is 24.7 Å². The SMILES string of the molecule is CCc1cc(Nc2nccn3c(-c4cn(CC#N)nc4C(F)(F)F)cnc23)ccc1C(=O)NCCOCCCN.O=CO. The Kier molecular flexibility index (Phi) is 11.6. The van der Waals surface area contributed by atoms with Crippen LogP contribution in [0.25, 0.3) is 16.9 Å². The van der Waals surface area contributed by atoms with Crippen LogP contribution in [-0.4, -0.2) is 67.9 Å². The number of aryl methyl sites for hydroxylation is 1. The number of nitrogens with two attached hydrogens (primary N) is 1. The van der Waals surface area contributed by atoms with E-state index in [4.69, 9.17) is 25.6 Å². The maximum absolute atomic E-state index is 13.7. The Hall–Kier alpha value is -5.01. The van der Waals surface area contributed by atoms with E-state index >= 15 is 0 Å². The predicted octanol–water partition coefficient (Wildman–Crippen LogP) is 3.24. The minimum atomic E-state index is -4.73. The van der Waals surface area contributed by atoms with Crippen molar-refractivity contribution in [1.29, 1.82) is 5.26 Å². The van der Waals surface area contributed by atoms with Crippen LogP contribution in [0, 0.1) is 11.3 Å². The van der Waals surface area contributed by atoms with E-state index in [1.165, 1.54) is 29.2 Å². The Labute approximate surface area is 244 Å². The molecule has 1 amide bonds. The molecule has 1 aromatic carbocycles. The number of hydrogen-bond acceptors (Lipinski definition) is 9. The second kappa shape index (κ2) is 15.3. The number of hydrogen-bond donors (Lipinski definition) is 4. The number of benzene rings is 1. The third kappa shape index (κ3) is 8.27. The summed E-state index contributed by atoms with van der Waals surface area (Å²) in [5.41, 5.74) is 6.49. The fourth-order valence-corrected chi connectivity index (χ4v) is 4.12. The highest BCUT2D eigenvalue weighted by atomic mass is 19.4. The molecule has 0 aliphatic heterocycles. The molecule has 0 saturated carbocycles. The van der Waals surface area contributed by atoms with Gasteiger partial charge in [-0.15, -0.1) is 0 Å². The second-order valence-corrected chi connectivity index (χ2v) is 8.82. The van der Waals surface area contributed by atoms with Gasteiger partial charge in [0.15, 0.2) is 17.2 Å². The van der Waals surface area contributed by atoms with Gasteiger partial charge >= 0.3 is 6.18 Å². The molecule has 0 fully saturated rings. The molecule has 13 nitrogen and oxygen atoms in total. The summed E-state index contributed by atoms with van der Waals surface area (Å²) in [6, 6.07) is 7.02. The number of carboxylic acid groups (broad SMARTS) is 1. The van der Waals surface area contributed by atoms with Crippen LogP contribution in [0.15, 0.2) is 43.0 Å². The number of imidazole rings is 1. The van der Waals surface area contributed by atoms with Gasteiger partial charge in [0.05, 0.1) is 30.1 Å². The fourth-order valence-electron chi connectivity index (χ4n) is 4.12. The molecule has 0 aliphatic rings. The van der Waals surface area contributed by atoms with Gasteiger partial charge in [-0.2, -0.15) is 23.5 Å². The molecule has 3 aromatic heterocycles. The Morgan fingerprint density at radius 1 is 1.28 bits per heavy atom. The standard InChI is InChI=1S/C26H28F3N9O2.CH2O2/c1-2-17-14-18(4-5-19(17)25(39)33-9-13-40-12-3-6-30)35-23-24-34-15-21(38(24)11-8-32-23)20-16-37(10-7-31)36-22(20)26(27,28)29;2-1-3/h4-5,8,11,14-16H,2-3,6,9-10,12-13,30H2,1H3,(H,32,35)(H,33,39);1H,(H,2,3). The normalized spacial score (nSPS) is 11.0. The quantitative estimate of drug-likeness (QED) is 0.139. The molecule has 0 radical (unpaired) electrons. The van der Waals surface area contributed by atoms with Crippen LogP contribution < -0.4 is 16.4 Å². The number of carbonyl (C=O) groups is 2. The lowest BCUT2D eigenvalue weighted by Crippen LogP contribution is -2.28. The van der Waals surface area contributed by atoms with E-state index in [1.54, 1.807) is 18.2 Å². The minimum Gasteiger partial charge on any atom is -0.483 e. The summed E-state index contributed by atoms with van der Waals surface area (Å²) >= 11 is 0. The minimum absolute atomic E-state index is 0.144. The van der Waals surface area contributed by atoms with E-state index in [2.05, 4.69) is 25.7 Å². The number of ether oxygens (including phenoxy) is 1. The van der Waals surface area contributed by atoms with Gasteiger partial charge < -0.3 is 26.2 Å². The Morgan fingerprint density at radius 2 is 2.05 bits per heavy atom. The molecule has 16 heteroatoms. The van der Waals surface area contributed by atoms with Crippen LogP contribution in [0.3, 0.4) is 0 Å². The van der Waals surface area contributed by atoms with Crippen molar-refractivity contribution >= 4 is 29.5 Å². The molecule has 3 heterocycles. The number of carbonyl (C=O) groups excluding carboxylic acids is 1. The second-order valence-electron chi connectivity index (χ2n) is 8.82. The summed E-state index contributed by atoms with van der Waals surface area (Å²) in [6.45, 7) is 3.19. The number of fused-ring (bicyclic) bond motifs is 1. The molecule has 43 heavy (non-hydrogen) atoms. The summed E-state index contributed by atoms with van der Waals surface area (Å²) in [7, 11) is 0. The molecule has 0 bridgehead atoms. The van der Waals surface area contributed by atoms with Crippen molar-refractivity contribution < 1.29 is 32.6 Å². The third-order valence-electron chi connectivity index (χ3n) is 5.99. The molecule has 5 N–H and O–H groups in total. The van der Waals surface area contributed by atoms with Crippen molar-refractivity contribution in [1.82, 2.24) is 29.5 Å². The number of halogens is 3. The van der Waals surface area contributed by atoms with Gasteiger partial charge in [0.2, 0.25) is 0 Å². The van der Waals surface area contributed by atoms with Crippen molar-refractivity contribution in [2.75, 3.05) is 31.6 Å². The molecule has 0 unspecified atom stereocenters. The van der Waals surface area contributed by atoms with E-state index in [1.807, 2.05) is 13.0 Å². The largest absolute Gasteiger partial charge is 0.483 e. The topological polar surface area (TPSA) is 185 Å². The molecule has 0 aliphatic carbocycles. The lowest BCUT2D eigenvalue weighted by molar-refractivity contribution is -0.141. The number of nitriles is 1. The van der Waals surface area contributed by atoms with Crippen molar-refractivity contribution in [3.63, 3.8) is 0 Å². The van der Waals surface area contributed by atoms with Crippen LogP contribution in [0.2, 0.25) is 0 Å². The highest BCUT2D eigenvalue weighted by molar-refractivity contribution is 5.96. The number of alkyl halides is 3. The number of anilines is 2. The van der Waals surface area contributed by atoms with Gasteiger partial charge in [0, 0.05) is 43.0 Å². The summed E-state index contributed by atoms with van der Waals surface area (Å²) in [5, 5.41) is 25.3. The summed E-state index contributed by atoms with van der Waals surface area (Å²) in [5.74, 6) is 0.0852. The lowest BCUT2D eigenvalue weighted by Gasteiger charge is -2.13. The first-order chi connectivity index (χ1) is 20.7. The molecule has 228 valence electrons. The fraction of sp³-hybridized carbons (Fsp3) is 0.333. The predicted molar refractivity (Wildman–Crippen MR) is 149 cm³/mol. The van der Waals surface area contributed by atoms with Crippen molar-refractivity contribution in [3.8, 4) is 17.3 Å². The smallest absolute Gasteiger partial charge is 0.435 e. The van der Waals surface area contributed by atoms with Crippen LogP contribution in [0.5, 0.6) is 0 Å². The monoisotopic (exact) mass is 601 g/mol. The van der Waals surface area contributed by atoms with E-state index in [-0.39, 0.29) is 35.8 Å². The first-order valence-corrected chi connectivity index (χ1v) is 13.1.